The smallest absolute Gasteiger partial charge is 0.285 e. The second-order valence-corrected chi connectivity index (χ2v) is 9.33. The molecule has 1 aliphatic rings. The van der Waals surface area contributed by atoms with Crippen molar-refractivity contribution in [1.82, 2.24) is 14.5 Å². The first-order chi connectivity index (χ1) is 12.6. The lowest BCUT2D eigenvalue weighted by atomic mass is 10.1. The van der Waals surface area contributed by atoms with Gasteiger partial charge in [-0.15, -0.1) is 0 Å². The maximum absolute atomic E-state index is 12.5. The van der Waals surface area contributed by atoms with E-state index >= 15 is 0 Å². The van der Waals surface area contributed by atoms with Crippen molar-refractivity contribution in [2.75, 3.05) is 6.61 Å². The van der Waals surface area contributed by atoms with Crippen molar-refractivity contribution in [1.29, 1.82) is 0 Å². The summed E-state index contributed by atoms with van der Waals surface area (Å²) < 4.78 is 34.3. The Balaban J connectivity index is 1.82. The molecule has 0 radical (unpaired) electrons. The summed E-state index contributed by atoms with van der Waals surface area (Å²) in [4.78, 5) is 12.5. The molecule has 3 rings (SSSR count). The second-order valence-electron chi connectivity index (χ2n) is 7.65. The molecule has 27 heavy (non-hydrogen) atoms. The van der Waals surface area contributed by atoms with E-state index in [2.05, 4.69) is 9.82 Å². The number of nitrogens with zero attached hydrogens (tertiary/aromatic N) is 2. The number of nitrogens with one attached hydrogen (secondary N) is 1. The first-order valence-electron chi connectivity index (χ1n) is 9.02. The Kier molecular flexibility index (Phi) is 5.03. The topological polar surface area (TPSA) is 90.3 Å². The van der Waals surface area contributed by atoms with Gasteiger partial charge in [0.25, 0.3) is 15.9 Å². The van der Waals surface area contributed by atoms with Crippen molar-refractivity contribution < 1.29 is 17.9 Å². The number of amides is 1. The molecular weight excluding hydrogens is 366 g/mol. The van der Waals surface area contributed by atoms with Gasteiger partial charge in [-0.25, -0.2) is 13.1 Å². The van der Waals surface area contributed by atoms with E-state index in [-0.39, 0.29) is 16.1 Å². The Bertz CT molecular complexity index is 936. The van der Waals surface area contributed by atoms with E-state index < -0.39 is 15.9 Å². The molecule has 1 N–H and O–H groups in total. The molecule has 2 aromatic rings. The molecular formula is C19H25N3O4S. The Morgan fingerprint density at radius 2 is 1.89 bits per heavy atom. The number of carbonyl (C=O) groups is 1. The van der Waals surface area contributed by atoms with Crippen LogP contribution in [0.2, 0.25) is 0 Å². The number of sulfonamides is 1. The van der Waals surface area contributed by atoms with Gasteiger partial charge in [0.05, 0.1) is 17.0 Å². The van der Waals surface area contributed by atoms with E-state index in [1.165, 1.54) is 12.1 Å². The first kappa shape index (κ1) is 19.4. The van der Waals surface area contributed by atoms with Gasteiger partial charge in [-0.1, -0.05) is 0 Å². The fourth-order valence-electron chi connectivity index (χ4n) is 2.83. The van der Waals surface area contributed by atoms with Gasteiger partial charge in [-0.3, -0.25) is 9.48 Å². The standard InChI is InChI=1S/C19H25N3O4S/c1-5-26-14-8-10-15(11-9-14)27(24,25)21-18(23)16-12-17(13-6-7-13)22(20-16)19(2,3)4/h8-13H,5-7H2,1-4H3,(H,21,23). The summed E-state index contributed by atoms with van der Waals surface area (Å²) in [6.07, 6.45) is 2.13. The third-order valence-electron chi connectivity index (χ3n) is 4.27. The molecule has 1 aromatic carbocycles. The van der Waals surface area contributed by atoms with Gasteiger partial charge in [0, 0.05) is 11.6 Å². The van der Waals surface area contributed by atoms with Crippen molar-refractivity contribution in [2.24, 2.45) is 0 Å². The molecule has 1 aliphatic carbocycles. The molecule has 146 valence electrons. The lowest BCUT2D eigenvalue weighted by Gasteiger charge is -2.22. The average molecular weight is 391 g/mol. The number of carbonyl (C=O) groups excluding carboxylic acids is 1. The van der Waals surface area contributed by atoms with Gasteiger partial charge >= 0.3 is 0 Å². The highest BCUT2D eigenvalue weighted by Gasteiger charge is 2.33. The number of hydrogen-bond acceptors (Lipinski definition) is 5. The molecule has 1 saturated carbocycles. The maximum atomic E-state index is 12.5. The van der Waals surface area contributed by atoms with Crippen molar-refractivity contribution >= 4 is 15.9 Å². The normalized spacial score (nSPS) is 14.8. The molecule has 1 amide bonds. The number of hydrogen-bond donors (Lipinski definition) is 1. The van der Waals surface area contributed by atoms with Crippen LogP contribution in [0, 0.1) is 0 Å². The van der Waals surface area contributed by atoms with E-state index in [9.17, 15) is 13.2 Å². The molecule has 8 heteroatoms. The number of rotatable bonds is 6. The molecule has 0 aliphatic heterocycles. The summed E-state index contributed by atoms with van der Waals surface area (Å²) in [5.74, 6) is 0.232. The predicted molar refractivity (Wildman–Crippen MR) is 101 cm³/mol. The number of ether oxygens (including phenoxy) is 1. The molecule has 0 spiro atoms. The Morgan fingerprint density at radius 1 is 1.26 bits per heavy atom. The molecule has 0 atom stereocenters. The molecule has 1 heterocycles. The van der Waals surface area contributed by atoms with Crippen LogP contribution < -0.4 is 9.46 Å². The summed E-state index contributed by atoms with van der Waals surface area (Å²) in [5, 5.41) is 4.38. The highest BCUT2D eigenvalue weighted by molar-refractivity contribution is 7.90. The Hall–Kier alpha value is -2.35. The quantitative estimate of drug-likeness (QED) is 0.817. The van der Waals surface area contributed by atoms with E-state index in [0.29, 0.717) is 18.3 Å². The zero-order chi connectivity index (χ0) is 19.8. The van der Waals surface area contributed by atoms with E-state index in [1.54, 1.807) is 18.2 Å². The summed E-state index contributed by atoms with van der Waals surface area (Å²) in [6.45, 7) is 8.35. The highest BCUT2D eigenvalue weighted by Crippen LogP contribution is 2.41. The largest absolute Gasteiger partial charge is 0.494 e. The zero-order valence-electron chi connectivity index (χ0n) is 16.0. The van der Waals surface area contributed by atoms with Crippen LogP contribution in [-0.2, 0) is 15.6 Å². The fraction of sp³-hybridized carbons (Fsp3) is 0.474. The van der Waals surface area contributed by atoms with Gasteiger partial charge < -0.3 is 4.74 Å². The number of benzene rings is 1. The van der Waals surface area contributed by atoms with Crippen LogP contribution in [0.5, 0.6) is 5.75 Å². The molecule has 1 aromatic heterocycles. The van der Waals surface area contributed by atoms with Gasteiger partial charge in [0.15, 0.2) is 5.69 Å². The third kappa shape index (κ3) is 4.32. The second kappa shape index (κ2) is 6.99. The molecule has 0 saturated heterocycles. The summed E-state index contributed by atoms with van der Waals surface area (Å²) in [7, 11) is -3.99. The zero-order valence-corrected chi connectivity index (χ0v) is 16.8. The molecule has 0 unspecified atom stereocenters. The van der Waals surface area contributed by atoms with Crippen LogP contribution in [0.1, 0.15) is 62.6 Å². The van der Waals surface area contributed by atoms with Crippen LogP contribution in [0.15, 0.2) is 35.2 Å². The summed E-state index contributed by atoms with van der Waals surface area (Å²) in [6, 6.07) is 7.63. The van der Waals surface area contributed by atoms with Crippen LogP contribution >= 0.6 is 0 Å². The average Bonchev–Trinajstić information content (AvgIpc) is 3.32. The minimum atomic E-state index is -3.99. The van der Waals surface area contributed by atoms with E-state index in [0.717, 1.165) is 18.5 Å². The van der Waals surface area contributed by atoms with Gasteiger partial charge in [-0.2, -0.15) is 5.10 Å². The summed E-state index contributed by atoms with van der Waals surface area (Å²) in [5.41, 5.74) is 0.803. The Morgan fingerprint density at radius 3 is 2.41 bits per heavy atom. The summed E-state index contributed by atoms with van der Waals surface area (Å²) >= 11 is 0. The van der Waals surface area contributed by atoms with Crippen molar-refractivity contribution in [3.63, 3.8) is 0 Å². The lowest BCUT2D eigenvalue weighted by molar-refractivity contribution is 0.0975. The van der Waals surface area contributed by atoms with Gasteiger partial charge in [-0.05, 0) is 70.9 Å². The Labute approximate surface area is 159 Å². The number of aromatic nitrogens is 2. The molecule has 1 fully saturated rings. The monoisotopic (exact) mass is 391 g/mol. The minimum Gasteiger partial charge on any atom is -0.494 e. The molecule has 7 nitrogen and oxygen atoms in total. The van der Waals surface area contributed by atoms with Crippen LogP contribution in [0.25, 0.3) is 0 Å². The van der Waals surface area contributed by atoms with Crippen molar-refractivity contribution in [3.05, 3.63) is 41.7 Å². The van der Waals surface area contributed by atoms with Crippen LogP contribution in [0.4, 0.5) is 0 Å². The predicted octanol–water partition coefficient (Wildman–Crippen LogP) is 3.03. The minimum absolute atomic E-state index is 0.00280. The van der Waals surface area contributed by atoms with E-state index in [1.807, 2.05) is 32.4 Å². The van der Waals surface area contributed by atoms with Crippen LogP contribution in [-0.4, -0.2) is 30.7 Å². The fourth-order valence-corrected chi connectivity index (χ4v) is 3.79. The van der Waals surface area contributed by atoms with E-state index in [4.69, 9.17) is 4.74 Å². The van der Waals surface area contributed by atoms with Gasteiger partial charge in [0.2, 0.25) is 0 Å². The first-order valence-corrected chi connectivity index (χ1v) is 10.5. The highest BCUT2D eigenvalue weighted by atomic mass is 32.2. The van der Waals surface area contributed by atoms with Crippen LogP contribution in [0.3, 0.4) is 0 Å². The van der Waals surface area contributed by atoms with Crippen molar-refractivity contribution in [3.8, 4) is 5.75 Å². The maximum Gasteiger partial charge on any atom is 0.285 e. The molecule has 0 bridgehead atoms. The SMILES string of the molecule is CCOc1ccc(S(=O)(=O)NC(=O)c2cc(C3CC3)n(C(C)(C)C)n2)cc1. The lowest BCUT2D eigenvalue weighted by Crippen LogP contribution is -2.31. The van der Waals surface area contributed by atoms with Gasteiger partial charge in [0.1, 0.15) is 5.75 Å². The van der Waals surface area contributed by atoms with Crippen molar-refractivity contribution in [2.45, 2.75) is 56.9 Å². The third-order valence-corrected chi connectivity index (χ3v) is 5.62.